The van der Waals surface area contributed by atoms with Crippen LogP contribution < -0.4 is 10.5 Å². The molecule has 1 atom stereocenters. The first kappa shape index (κ1) is 14.6. The van der Waals surface area contributed by atoms with Gasteiger partial charge >= 0.3 is 0 Å². The van der Waals surface area contributed by atoms with Gasteiger partial charge in [0.1, 0.15) is 12.4 Å². The number of nitrogens with two attached hydrogens (primary N) is 1. The molecule has 0 unspecified atom stereocenters. The van der Waals surface area contributed by atoms with Crippen molar-refractivity contribution in [3.63, 3.8) is 0 Å². The van der Waals surface area contributed by atoms with E-state index in [9.17, 15) is 0 Å². The molecular formula is C16H15BrN2O. The number of hydrogen-bond donors (Lipinski definition) is 1. The first-order valence-corrected chi connectivity index (χ1v) is 7.06. The fourth-order valence-corrected chi connectivity index (χ4v) is 2.28. The highest BCUT2D eigenvalue weighted by Crippen LogP contribution is 2.28. The summed E-state index contributed by atoms with van der Waals surface area (Å²) in [6.07, 6.45) is 0. The Balaban J connectivity index is 2.16. The molecule has 0 spiro atoms. The lowest BCUT2D eigenvalue weighted by Gasteiger charge is -2.14. The lowest BCUT2D eigenvalue weighted by Crippen LogP contribution is -2.08. The Morgan fingerprint density at radius 1 is 1.30 bits per heavy atom. The maximum atomic E-state index is 8.88. The van der Waals surface area contributed by atoms with Crippen molar-refractivity contribution in [2.45, 2.75) is 19.6 Å². The molecule has 20 heavy (non-hydrogen) atoms. The van der Waals surface area contributed by atoms with Crippen LogP contribution in [0.4, 0.5) is 0 Å². The Kier molecular flexibility index (Phi) is 4.78. The van der Waals surface area contributed by atoms with Gasteiger partial charge in [-0.05, 0) is 42.8 Å². The summed E-state index contributed by atoms with van der Waals surface area (Å²) in [5, 5.41) is 8.88. The van der Waals surface area contributed by atoms with Crippen LogP contribution in [-0.4, -0.2) is 0 Å². The maximum absolute atomic E-state index is 8.88. The van der Waals surface area contributed by atoms with E-state index in [-0.39, 0.29) is 6.04 Å². The van der Waals surface area contributed by atoms with Gasteiger partial charge in [-0.3, -0.25) is 0 Å². The molecule has 0 aliphatic heterocycles. The smallest absolute Gasteiger partial charge is 0.124 e. The minimum atomic E-state index is -0.104. The first-order valence-electron chi connectivity index (χ1n) is 6.27. The number of nitrogens with zero attached hydrogens (tertiary/aromatic N) is 1. The van der Waals surface area contributed by atoms with Crippen molar-refractivity contribution < 1.29 is 4.74 Å². The summed E-state index contributed by atoms with van der Waals surface area (Å²) in [6, 6.07) is 15.2. The number of halogens is 1. The lowest BCUT2D eigenvalue weighted by atomic mass is 10.1. The highest BCUT2D eigenvalue weighted by molar-refractivity contribution is 9.10. The SMILES string of the molecule is C[C@@H](N)c1cc(Br)ccc1OCc1cccc(C#N)c1. The minimum absolute atomic E-state index is 0.104. The molecule has 4 heteroatoms. The Bertz CT molecular complexity index is 647. The van der Waals surface area contributed by atoms with Crippen molar-refractivity contribution in [3.05, 3.63) is 63.6 Å². The normalized spacial score (nSPS) is 11.7. The van der Waals surface area contributed by atoms with Crippen molar-refractivity contribution in [2.75, 3.05) is 0 Å². The van der Waals surface area contributed by atoms with E-state index in [0.29, 0.717) is 12.2 Å². The van der Waals surface area contributed by atoms with Crippen molar-refractivity contribution in [3.8, 4) is 11.8 Å². The third-order valence-electron chi connectivity index (χ3n) is 2.91. The first-order chi connectivity index (χ1) is 9.60. The molecule has 0 saturated carbocycles. The third kappa shape index (κ3) is 3.60. The molecular weight excluding hydrogens is 316 g/mol. The zero-order chi connectivity index (χ0) is 14.5. The second-order valence-electron chi connectivity index (χ2n) is 4.57. The van der Waals surface area contributed by atoms with E-state index in [1.165, 1.54) is 0 Å². The Hall–Kier alpha value is -1.83. The molecule has 102 valence electrons. The van der Waals surface area contributed by atoms with E-state index >= 15 is 0 Å². The van der Waals surface area contributed by atoms with Crippen LogP contribution in [0.1, 0.15) is 29.7 Å². The maximum Gasteiger partial charge on any atom is 0.124 e. The van der Waals surface area contributed by atoms with E-state index in [1.807, 2.05) is 43.3 Å². The summed E-state index contributed by atoms with van der Waals surface area (Å²) in [4.78, 5) is 0. The Morgan fingerprint density at radius 3 is 2.80 bits per heavy atom. The summed E-state index contributed by atoms with van der Waals surface area (Å²) >= 11 is 3.43. The Morgan fingerprint density at radius 2 is 2.10 bits per heavy atom. The predicted octanol–water partition coefficient (Wildman–Crippen LogP) is 3.92. The molecule has 2 rings (SSSR count). The molecule has 0 aromatic heterocycles. The molecule has 0 heterocycles. The van der Waals surface area contributed by atoms with Crippen LogP contribution in [-0.2, 0) is 6.61 Å². The average molecular weight is 331 g/mol. The zero-order valence-electron chi connectivity index (χ0n) is 11.1. The topological polar surface area (TPSA) is 59.0 Å². The van der Waals surface area contributed by atoms with Crippen LogP contribution >= 0.6 is 15.9 Å². The van der Waals surface area contributed by atoms with Crippen molar-refractivity contribution in [1.29, 1.82) is 5.26 Å². The van der Waals surface area contributed by atoms with Gasteiger partial charge < -0.3 is 10.5 Å². The van der Waals surface area contributed by atoms with Crippen LogP contribution in [0.2, 0.25) is 0 Å². The van der Waals surface area contributed by atoms with E-state index in [2.05, 4.69) is 22.0 Å². The zero-order valence-corrected chi connectivity index (χ0v) is 12.7. The fraction of sp³-hybridized carbons (Fsp3) is 0.188. The molecule has 2 aromatic rings. The summed E-state index contributed by atoms with van der Waals surface area (Å²) in [5.74, 6) is 0.769. The monoisotopic (exact) mass is 330 g/mol. The molecule has 0 radical (unpaired) electrons. The molecule has 0 saturated heterocycles. The molecule has 2 aromatic carbocycles. The van der Waals surface area contributed by atoms with Gasteiger partial charge in [-0.15, -0.1) is 0 Å². The fourth-order valence-electron chi connectivity index (χ4n) is 1.90. The molecule has 2 N–H and O–H groups in total. The molecule has 0 fully saturated rings. The van der Waals surface area contributed by atoms with E-state index in [0.717, 1.165) is 21.3 Å². The van der Waals surface area contributed by atoms with Gasteiger partial charge in [-0.2, -0.15) is 5.26 Å². The minimum Gasteiger partial charge on any atom is -0.489 e. The third-order valence-corrected chi connectivity index (χ3v) is 3.41. The van der Waals surface area contributed by atoms with Crippen molar-refractivity contribution in [1.82, 2.24) is 0 Å². The number of benzene rings is 2. The lowest BCUT2D eigenvalue weighted by molar-refractivity contribution is 0.301. The second-order valence-corrected chi connectivity index (χ2v) is 5.49. The Labute approximate surface area is 127 Å². The van der Waals surface area contributed by atoms with Gasteiger partial charge in [0, 0.05) is 16.1 Å². The van der Waals surface area contributed by atoms with Crippen LogP contribution in [0, 0.1) is 11.3 Å². The van der Waals surface area contributed by atoms with E-state index in [1.54, 1.807) is 6.07 Å². The summed E-state index contributed by atoms with van der Waals surface area (Å²) < 4.78 is 6.80. The number of rotatable bonds is 4. The van der Waals surface area contributed by atoms with Crippen molar-refractivity contribution >= 4 is 15.9 Å². The average Bonchev–Trinajstić information content (AvgIpc) is 2.46. The number of ether oxygens (including phenoxy) is 1. The molecule has 0 aliphatic rings. The van der Waals surface area contributed by atoms with Gasteiger partial charge in [-0.25, -0.2) is 0 Å². The summed E-state index contributed by atoms with van der Waals surface area (Å²) in [5.41, 5.74) is 8.50. The second kappa shape index (κ2) is 6.56. The van der Waals surface area contributed by atoms with Crippen LogP contribution in [0.5, 0.6) is 5.75 Å². The van der Waals surface area contributed by atoms with E-state index in [4.69, 9.17) is 15.7 Å². The number of hydrogen-bond acceptors (Lipinski definition) is 3. The quantitative estimate of drug-likeness (QED) is 0.924. The predicted molar refractivity (Wildman–Crippen MR) is 82.2 cm³/mol. The van der Waals surface area contributed by atoms with Gasteiger partial charge in [-0.1, -0.05) is 28.1 Å². The van der Waals surface area contributed by atoms with Crippen LogP contribution in [0.3, 0.4) is 0 Å². The molecule has 0 bridgehead atoms. The molecule has 0 aliphatic carbocycles. The van der Waals surface area contributed by atoms with Gasteiger partial charge in [0.2, 0.25) is 0 Å². The molecule has 3 nitrogen and oxygen atoms in total. The van der Waals surface area contributed by atoms with E-state index < -0.39 is 0 Å². The van der Waals surface area contributed by atoms with Gasteiger partial charge in [0.15, 0.2) is 0 Å². The van der Waals surface area contributed by atoms with Gasteiger partial charge in [0.05, 0.1) is 11.6 Å². The number of nitriles is 1. The summed E-state index contributed by atoms with van der Waals surface area (Å²) in [6.45, 7) is 2.34. The summed E-state index contributed by atoms with van der Waals surface area (Å²) in [7, 11) is 0. The van der Waals surface area contributed by atoms with Gasteiger partial charge in [0.25, 0.3) is 0 Å². The van der Waals surface area contributed by atoms with Crippen LogP contribution in [0.15, 0.2) is 46.9 Å². The largest absolute Gasteiger partial charge is 0.489 e. The highest BCUT2D eigenvalue weighted by Gasteiger charge is 2.09. The standard InChI is InChI=1S/C16H15BrN2O/c1-11(19)15-8-14(17)5-6-16(15)20-10-13-4-2-3-12(7-13)9-18/h2-8,11H,10,19H2,1H3/t11-/m1/s1. The van der Waals surface area contributed by atoms with Crippen LogP contribution in [0.25, 0.3) is 0 Å². The molecule has 0 amide bonds. The highest BCUT2D eigenvalue weighted by atomic mass is 79.9. The van der Waals surface area contributed by atoms with Crippen molar-refractivity contribution in [2.24, 2.45) is 5.73 Å².